The van der Waals surface area contributed by atoms with Crippen molar-refractivity contribution >= 4 is 17.8 Å². The summed E-state index contributed by atoms with van der Waals surface area (Å²) in [6, 6.07) is 10.4. The number of urea groups is 1. The molecule has 2 amide bonds. The summed E-state index contributed by atoms with van der Waals surface area (Å²) in [6.07, 6.45) is 2.05. The number of benzene rings is 1. The summed E-state index contributed by atoms with van der Waals surface area (Å²) in [7, 11) is 1.81. The number of carbonyl (C=O) groups excluding carboxylic acids is 1. The van der Waals surface area contributed by atoms with Crippen LogP contribution in [0.1, 0.15) is 29.9 Å². The van der Waals surface area contributed by atoms with Crippen LogP contribution in [0.3, 0.4) is 0 Å². The molecule has 1 unspecified atom stereocenters. The normalized spacial score (nSPS) is 12.0. The number of hydrogen-bond acceptors (Lipinski definition) is 3. The number of rotatable bonds is 6. The molecule has 2 aromatic rings. The van der Waals surface area contributed by atoms with Crippen molar-refractivity contribution < 1.29 is 4.79 Å². The lowest BCUT2D eigenvalue weighted by Crippen LogP contribution is -2.39. The van der Waals surface area contributed by atoms with Gasteiger partial charge in [-0.1, -0.05) is 12.1 Å². The van der Waals surface area contributed by atoms with Gasteiger partial charge in [-0.2, -0.15) is 5.10 Å². The van der Waals surface area contributed by atoms with E-state index in [0.29, 0.717) is 13.1 Å². The molecular weight excluding hydrogens is 320 g/mol. The van der Waals surface area contributed by atoms with Crippen LogP contribution in [0.25, 0.3) is 0 Å². The Kier molecular flexibility index (Phi) is 6.31. The Balaban J connectivity index is 1.88. The standard InChI is InChI=1S/C18H26N4OS/c1-13-9-14(2)22(20-13)15(3)11-19-18(23)21(4)12-16-7-6-8-17(10-16)24-5/h6-10,15H,11-12H2,1-5H3,(H,19,23). The first-order valence-electron chi connectivity index (χ1n) is 8.05. The van der Waals surface area contributed by atoms with Crippen LogP contribution in [0.15, 0.2) is 35.2 Å². The van der Waals surface area contributed by atoms with Crippen LogP contribution in [0.5, 0.6) is 0 Å². The molecule has 0 saturated heterocycles. The lowest BCUT2D eigenvalue weighted by Gasteiger charge is -2.21. The van der Waals surface area contributed by atoms with Crippen molar-refractivity contribution in [3.05, 3.63) is 47.3 Å². The van der Waals surface area contributed by atoms with Gasteiger partial charge in [-0.05, 0) is 50.8 Å². The van der Waals surface area contributed by atoms with E-state index in [-0.39, 0.29) is 12.1 Å². The Labute approximate surface area is 148 Å². The fraction of sp³-hybridized carbons (Fsp3) is 0.444. The molecule has 1 heterocycles. The van der Waals surface area contributed by atoms with Gasteiger partial charge in [0.1, 0.15) is 0 Å². The highest BCUT2D eigenvalue weighted by atomic mass is 32.2. The molecule has 0 radical (unpaired) electrons. The third kappa shape index (κ3) is 4.77. The van der Waals surface area contributed by atoms with Crippen LogP contribution in [-0.4, -0.2) is 40.6 Å². The number of amides is 2. The van der Waals surface area contributed by atoms with Gasteiger partial charge in [0.05, 0.1) is 11.7 Å². The summed E-state index contributed by atoms with van der Waals surface area (Å²) < 4.78 is 1.96. The van der Waals surface area contributed by atoms with Crippen LogP contribution in [0.4, 0.5) is 4.79 Å². The molecule has 1 aromatic heterocycles. The predicted octanol–water partition coefficient (Wildman–Crippen LogP) is 3.62. The molecule has 1 N–H and O–H groups in total. The van der Waals surface area contributed by atoms with Gasteiger partial charge in [-0.15, -0.1) is 11.8 Å². The molecule has 0 spiro atoms. The van der Waals surface area contributed by atoms with E-state index in [0.717, 1.165) is 17.0 Å². The summed E-state index contributed by atoms with van der Waals surface area (Å²) >= 11 is 1.70. The lowest BCUT2D eigenvalue weighted by atomic mass is 10.2. The van der Waals surface area contributed by atoms with Crippen LogP contribution in [-0.2, 0) is 6.54 Å². The van der Waals surface area contributed by atoms with Gasteiger partial charge in [0.2, 0.25) is 0 Å². The third-order valence-corrected chi connectivity index (χ3v) is 4.64. The molecule has 0 fully saturated rings. The van der Waals surface area contributed by atoms with Crippen molar-refractivity contribution in [1.82, 2.24) is 20.0 Å². The maximum absolute atomic E-state index is 12.3. The number of nitrogens with zero attached hydrogens (tertiary/aromatic N) is 3. The average Bonchev–Trinajstić information content (AvgIpc) is 2.90. The summed E-state index contributed by atoms with van der Waals surface area (Å²) in [5.41, 5.74) is 3.24. The van der Waals surface area contributed by atoms with Gasteiger partial charge >= 0.3 is 6.03 Å². The SMILES string of the molecule is CSc1cccc(CN(C)C(=O)NCC(C)n2nc(C)cc2C)c1. The van der Waals surface area contributed by atoms with Gasteiger partial charge in [0.25, 0.3) is 0 Å². The van der Waals surface area contributed by atoms with E-state index in [9.17, 15) is 4.79 Å². The van der Waals surface area contributed by atoms with E-state index in [2.05, 4.69) is 35.7 Å². The maximum Gasteiger partial charge on any atom is 0.317 e. The topological polar surface area (TPSA) is 50.2 Å². The van der Waals surface area contributed by atoms with Gasteiger partial charge in [-0.3, -0.25) is 4.68 Å². The van der Waals surface area contributed by atoms with Crippen molar-refractivity contribution in [2.45, 2.75) is 38.3 Å². The smallest absolute Gasteiger partial charge is 0.317 e. The minimum Gasteiger partial charge on any atom is -0.336 e. The highest BCUT2D eigenvalue weighted by molar-refractivity contribution is 7.98. The summed E-state index contributed by atoms with van der Waals surface area (Å²) in [4.78, 5) is 15.2. The molecule has 0 bridgehead atoms. The zero-order valence-corrected chi connectivity index (χ0v) is 15.9. The molecule has 130 valence electrons. The fourth-order valence-electron chi connectivity index (χ4n) is 2.67. The molecule has 1 atom stereocenters. The second kappa shape index (κ2) is 8.24. The van der Waals surface area contributed by atoms with Crippen LogP contribution in [0.2, 0.25) is 0 Å². The predicted molar refractivity (Wildman–Crippen MR) is 99.5 cm³/mol. The van der Waals surface area contributed by atoms with Gasteiger partial charge in [0.15, 0.2) is 0 Å². The first-order chi connectivity index (χ1) is 11.4. The van der Waals surface area contributed by atoms with Crippen LogP contribution in [0, 0.1) is 13.8 Å². The Morgan fingerprint density at radius 3 is 2.75 bits per heavy atom. The number of aryl methyl sites for hydroxylation is 2. The van der Waals surface area contributed by atoms with E-state index in [4.69, 9.17) is 0 Å². The zero-order chi connectivity index (χ0) is 17.7. The molecule has 6 heteroatoms. The summed E-state index contributed by atoms with van der Waals surface area (Å²) in [5.74, 6) is 0. The van der Waals surface area contributed by atoms with Crippen molar-refractivity contribution in [2.75, 3.05) is 19.8 Å². The quantitative estimate of drug-likeness (QED) is 0.813. The Morgan fingerprint density at radius 1 is 1.38 bits per heavy atom. The van der Waals surface area contributed by atoms with E-state index < -0.39 is 0 Å². The second-order valence-corrected chi connectivity index (χ2v) is 6.99. The third-order valence-electron chi connectivity index (χ3n) is 3.91. The molecule has 0 aliphatic carbocycles. The Bertz CT molecular complexity index is 698. The van der Waals surface area contributed by atoms with Crippen molar-refractivity contribution in [1.29, 1.82) is 0 Å². The number of carbonyl (C=O) groups is 1. The largest absolute Gasteiger partial charge is 0.336 e. The molecule has 2 rings (SSSR count). The number of aromatic nitrogens is 2. The van der Waals surface area contributed by atoms with Crippen molar-refractivity contribution in [3.8, 4) is 0 Å². The number of thioether (sulfide) groups is 1. The van der Waals surface area contributed by atoms with Crippen molar-refractivity contribution in [2.24, 2.45) is 0 Å². The van der Waals surface area contributed by atoms with E-state index in [1.165, 1.54) is 4.90 Å². The fourth-order valence-corrected chi connectivity index (χ4v) is 3.15. The minimum atomic E-state index is -0.0714. The Morgan fingerprint density at radius 2 is 2.12 bits per heavy atom. The monoisotopic (exact) mass is 346 g/mol. The van der Waals surface area contributed by atoms with Crippen molar-refractivity contribution in [3.63, 3.8) is 0 Å². The lowest BCUT2D eigenvalue weighted by molar-refractivity contribution is 0.205. The minimum absolute atomic E-state index is 0.0714. The maximum atomic E-state index is 12.3. The molecule has 0 aliphatic heterocycles. The van der Waals surface area contributed by atoms with Crippen LogP contribution < -0.4 is 5.32 Å². The van der Waals surface area contributed by atoms with Gasteiger partial charge in [-0.25, -0.2) is 4.79 Å². The molecule has 0 aliphatic rings. The van der Waals surface area contributed by atoms with E-state index in [1.807, 2.05) is 43.8 Å². The second-order valence-electron chi connectivity index (χ2n) is 6.11. The number of nitrogens with one attached hydrogen (secondary N) is 1. The highest BCUT2D eigenvalue weighted by Gasteiger charge is 2.13. The molecule has 0 saturated carbocycles. The summed E-state index contributed by atoms with van der Waals surface area (Å²) in [5, 5.41) is 7.46. The van der Waals surface area contributed by atoms with Gasteiger partial charge in [0, 0.05) is 30.7 Å². The first-order valence-corrected chi connectivity index (χ1v) is 9.28. The first kappa shape index (κ1) is 18.4. The number of hydrogen-bond donors (Lipinski definition) is 1. The van der Waals surface area contributed by atoms with E-state index >= 15 is 0 Å². The van der Waals surface area contributed by atoms with Crippen LogP contribution >= 0.6 is 11.8 Å². The van der Waals surface area contributed by atoms with E-state index in [1.54, 1.807) is 16.7 Å². The molecular formula is C18H26N4OS. The van der Waals surface area contributed by atoms with Gasteiger partial charge < -0.3 is 10.2 Å². The molecule has 1 aromatic carbocycles. The molecule has 5 nitrogen and oxygen atoms in total. The molecule has 24 heavy (non-hydrogen) atoms. The summed E-state index contributed by atoms with van der Waals surface area (Å²) in [6.45, 7) is 7.21. The highest BCUT2D eigenvalue weighted by Crippen LogP contribution is 2.16. The zero-order valence-electron chi connectivity index (χ0n) is 15.0. The Hall–Kier alpha value is -1.95. The average molecular weight is 347 g/mol.